The zero-order valence-corrected chi connectivity index (χ0v) is 23.5. The second-order valence-electron chi connectivity index (χ2n) is 9.95. The first-order chi connectivity index (χ1) is 18.7. The zero-order chi connectivity index (χ0) is 27.8. The summed E-state index contributed by atoms with van der Waals surface area (Å²) >= 11 is 1.37. The summed E-state index contributed by atoms with van der Waals surface area (Å²) in [6.07, 6.45) is 0.878. The van der Waals surface area contributed by atoms with Crippen molar-refractivity contribution >= 4 is 49.8 Å². The van der Waals surface area contributed by atoms with Crippen molar-refractivity contribution in [3.63, 3.8) is 0 Å². The molecule has 3 aromatic carbocycles. The minimum atomic E-state index is -0.834. The number of Topliss-reactive ketones (excluding diaryl/α,β-unsaturated/α-hetero) is 1. The molecule has 1 unspecified atom stereocenters. The molecule has 39 heavy (non-hydrogen) atoms. The minimum Gasteiger partial charge on any atom is -0.507 e. The van der Waals surface area contributed by atoms with Gasteiger partial charge in [0.15, 0.2) is 5.13 Å². The van der Waals surface area contributed by atoms with Crippen LogP contribution in [-0.4, -0.2) is 42.5 Å². The van der Waals surface area contributed by atoms with Crippen LogP contribution in [0.1, 0.15) is 41.6 Å². The summed E-state index contributed by atoms with van der Waals surface area (Å²) in [5.74, 6) is -1.01. The molecule has 200 valence electrons. The van der Waals surface area contributed by atoms with Crippen LogP contribution in [0, 0.1) is 13.8 Å². The van der Waals surface area contributed by atoms with Crippen LogP contribution < -0.4 is 14.5 Å². The average molecular weight is 542 g/mol. The molecular weight excluding hydrogens is 510 g/mol. The molecule has 1 fully saturated rings. The average Bonchev–Trinajstić information content (AvgIpc) is 3.46. The maximum absolute atomic E-state index is 13.6. The van der Waals surface area contributed by atoms with Gasteiger partial charge in [0.2, 0.25) is 0 Å². The van der Waals surface area contributed by atoms with E-state index < -0.39 is 17.7 Å². The lowest BCUT2D eigenvalue weighted by molar-refractivity contribution is -0.132. The largest absolute Gasteiger partial charge is 0.507 e. The molecular formula is C31H31N3O4S. The molecule has 1 aliphatic heterocycles. The number of hydrogen-bond donors (Lipinski definition) is 1. The van der Waals surface area contributed by atoms with Gasteiger partial charge in [-0.3, -0.25) is 14.5 Å². The van der Waals surface area contributed by atoms with E-state index in [1.165, 1.54) is 16.2 Å². The van der Waals surface area contributed by atoms with Crippen molar-refractivity contribution < 1.29 is 19.4 Å². The van der Waals surface area contributed by atoms with Gasteiger partial charge in [-0.15, -0.1) is 0 Å². The fourth-order valence-corrected chi connectivity index (χ4v) is 6.01. The number of ether oxygens (including phenoxy) is 1. The molecule has 1 amide bonds. The lowest BCUT2D eigenvalue weighted by Crippen LogP contribution is -2.29. The Kier molecular flexibility index (Phi) is 7.14. The Labute approximate surface area is 232 Å². The summed E-state index contributed by atoms with van der Waals surface area (Å²) in [7, 11) is 3.89. The van der Waals surface area contributed by atoms with Gasteiger partial charge in [0.25, 0.3) is 5.78 Å². The van der Waals surface area contributed by atoms with Crippen LogP contribution in [0.3, 0.4) is 0 Å². The van der Waals surface area contributed by atoms with E-state index in [2.05, 4.69) is 0 Å². The third kappa shape index (κ3) is 4.88. The van der Waals surface area contributed by atoms with Gasteiger partial charge >= 0.3 is 5.91 Å². The molecule has 0 aliphatic carbocycles. The summed E-state index contributed by atoms with van der Waals surface area (Å²) in [6.45, 7) is 6.61. The normalized spacial score (nSPS) is 16.7. The van der Waals surface area contributed by atoms with E-state index in [9.17, 15) is 14.7 Å². The fraction of sp³-hybridized carbons (Fsp3) is 0.258. The number of aryl methyl sites for hydroxylation is 2. The van der Waals surface area contributed by atoms with E-state index in [0.29, 0.717) is 28.6 Å². The SMILES string of the molecule is CCCOc1ccc(C(O)=C2C(=O)C(=O)N(c3nc4c(C)cc(C)cc4s3)C2c2ccc(N(C)C)cc2)cc1. The van der Waals surface area contributed by atoms with E-state index in [-0.39, 0.29) is 11.3 Å². The third-order valence-electron chi connectivity index (χ3n) is 6.79. The number of thiazole rings is 1. The molecule has 5 rings (SSSR count). The van der Waals surface area contributed by atoms with E-state index in [0.717, 1.165) is 33.5 Å². The van der Waals surface area contributed by atoms with E-state index >= 15 is 0 Å². The van der Waals surface area contributed by atoms with Gasteiger partial charge < -0.3 is 14.7 Å². The summed E-state index contributed by atoms with van der Waals surface area (Å²) in [4.78, 5) is 35.3. The molecule has 0 spiro atoms. The zero-order valence-electron chi connectivity index (χ0n) is 22.7. The number of carbonyl (C=O) groups is 2. The van der Waals surface area contributed by atoms with Gasteiger partial charge in [-0.25, -0.2) is 4.98 Å². The monoisotopic (exact) mass is 541 g/mol. The molecule has 8 heteroatoms. The van der Waals surface area contributed by atoms with Gasteiger partial charge in [0, 0.05) is 25.3 Å². The number of hydrogen-bond acceptors (Lipinski definition) is 7. The third-order valence-corrected chi connectivity index (χ3v) is 7.80. The van der Waals surface area contributed by atoms with Crippen molar-refractivity contribution in [2.45, 2.75) is 33.2 Å². The summed E-state index contributed by atoms with van der Waals surface area (Å²) in [5, 5.41) is 11.9. The van der Waals surface area contributed by atoms with Crippen molar-refractivity contribution in [2.24, 2.45) is 0 Å². The molecule has 1 aromatic heterocycles. The van der Waals surface area contributed by atoms with Crippen LogP contribution in [0.4, 0.5) is 10.8 Å². The number of nitrogens with zero attached hydrogens (tertiary/aromatic N) is 3. The second kappa shape index (κ2) is 10.5. The van der Waals surface area contributed by atoms with Crippen LogP contribution in [-0.2, 0) is 9.59 Å². The van der Waals surface area contributed by atoms with Crippen LogP contribution in [0.25, 0.3) is 16.0 Å². The maximum atomic E-state index is 13.6. The van der Waals surface area contributed by atoms with Crippen molar-refractivity contribution in [2.75, 3.05) is 30.5 Å². The molecule has 0 bridgehead atoms. The predicted molar refractivity (Wildman–Crippen MR) is 157 cm³/mol. The molecule has 2 heterocycles. The number of ketones is 1. The molecule has 7 nitrogen and oxygen atoms in total. The summed E-state index contributed by atoms with van der Waals surface area (Å²) in [5.41, 5.74) is 5.04. The first-order valence-corrected chi connectivity index (χ1v) is 13.7. The van der Waals surface area contributed by atoms with Crippen molar-refractivity contribution in [1.29, 1.82) is 0 Å². The van der Waals surface area contributed by atoms with Crippen molar-refractivity contribution in [1.82, 2.24) is 4.98 Å². The van der Waals surface area contributed by atoms with Crippen LogP contribution >= 0.6 is 11.3 Å². The number of aromatic nitrogens is 1. The number of benzene rings is 3. The summed E-state index contributed by atoms with van der Waals surface area (Å²) < 4.78 is 6.60. The maximum Gasteiger partial charge on any atom is 0.301 e. The van der Waals surface area contributed by atoms with Crippen molar-refractivity contribution in [3.05, 3.63) is 88.5 Å². The number of fused-ring (bicyclic) bond motifs is 1. The standard InChI is InChI=1S/C31H31N3O4S/c1-6-15-38-23-13-9-21(10-14-23)28(35)25-27(20-7-11-22(12-8-20)33(4)5)34(30(37)29(25)36)31-32-26-19(3)16-18(2)17-24(26)39-31/h7-14,16-17,27,35H,6,15H2,1-5H3. The topological polar surface area (TPSA) is 83.0 Å². The molecule has 1 atom stereocenters. The lowest BCUT2D eigenvalue weighted by atomic mass is 9.95. The number of carbonyl (C=O) groups excluding carboxylic acids is 2. The number of rotatable bonds is 7. The molecule has 0 saturated carbocycles. The Morgan fingerprint density at radius 3 is 2.38 bits per heavy atom. The Hall–Kier alpha value is -4.17. The predicted octanol–water partition coefficient (Wildman–Crippen LogP) is 6.39. The molecule has 1 aliphatic rings. The van der Waals surface area contributed by atoms with Gasteiger partial charge in [0.1, 0.15) is 11.5 Å². The number of aliphatic hydroxyl groups is 1. The molecule has 1 N–H and O–H groups in total. The van der Waals surface area contributed by atoms with E-state index in [1.54, 1.807) is 24.3 Å². The molecule has 4 aromatic rings. The number of anilines is 2. The second-order valence-corrected chi connectivity index (χ2v) is 11.0. The lowest BCUT2D eigenvalue weighted by Gasteiger charge is -2.23. The number of aliphatic hydroxyl groups excluding tert-OH is 1. The molecule has 0 radical (unpaired) electrons. The Morgan fingerprint density at radius 1 is 1.05 bits per heavy atom. The molecule has 1 saturated heterocycles. The van der Waals surface area contributed by atoms with Gasteiger partial charge in [-0.1, -0.05) is 36.5 Å². The summed E-state index contributed by atoms with van der Waals surface area (Å²) in [6, 6.07) is 17.8. The Morgan fingerprint density at radius 2 is 1.74 bits per heavy atom. The fourth-order valence-electron chi connectivity index (χ4n) is 4.85. The first-order valence-electron chi connectivity index (χ1n) is 12.9. The highest BCUT2D eigenvalue weighted by molar-refractivity contribution is 7.22. The quantitative estimate of drug-likeness (QED) is 0.166. The van der Waals surface area contributed by atoms with Gasteiger partial charge in [-0.2, -0.15) is 0 Å². The van der Waals surface area contributed by atoms with Crippen LogP contribution in [0.2, 0.25) is 0 Å². The Balaban J connectivity index is 1.66. The smallest absolute Gasteiger partial charge is 0.301 e. The van der Waals surface area contributed by atoms with Crippen LogP contribution in [0.5, 0.6) is 5.75 Å². The number of amides is 1. The highest BCUT2D eigenvalue weighted by Gasteiger charge is 2.48. The highest BCUT2D eigenvalue weighted by Crippen LogP contribution is 2.45. The van der Waals surface area contributed by atoms with Gasteiger partial charge in [-0.05, 0) is 79.4 Å². The first kappa shape index (κ1) is 26.4. The van der Waals surface area contributed by atoms with Gasteiger partial charge in [0.05, 0.1) is 28.4 Å². The van der Waals surface area contributed by atoms with E-state index in [1.807, 2.05) is 76.2 Å². The van der Waals surface area contributed by atoms with E-state index in [4.69, 9.17) is 9.72 Å². The Bertz CT molecular complexity index is 1590. The minimum absolute atomic E-state index is 0.0342. The van der Waals surface area contributed by atoms with Crippen LogP contribution in [0.15, 0.2) is 66.2 Å². The van der Waals surface area contributed by atoms with Crippen molar-refractivity contribution in [3.8, 4) is 5.75 Å². The highest BCUT2D eigenvalue weighted by atomic mass is 32.1.